The molecule has 0 aliphatic heterocycles. The summed E-state index contributed by atoms with van der Waals surface area (Å²) < 4.78 is 28.3. The van der Waals surface area contributed by atoms with Gasteiger partial charge in [0.1, 0.15) is 6.34 Å². The molecule has 21 heavy (non-hydrogen) atoms. The zero-order valence-electron chi connectivity index (χ0n) is 12.3. The van der Waals surface area contributed by atoms with Gasteiger partial charge in [0.15, 0.2) is 0 Å². The fraction of sp³-hybridized carbons (Fsp3) is 0.188. The van der Waals surface area contributed by atoms with Gasteiger partial charge in [0.2, 0.25) is 0 Å². The van der Waals surface area contributed by atoms with Crippen LogP contribution >= 0.6 is 0 Å². The average Bonchev–Trinajstić information content (AvgIpc) is 2.46. The second-order valence-electron chi connectivity index (χ2n) is 5.01. The molecule has 2 aromatic carbocycles. The molecule has 0 spiro atoms. The van der Waals surface area contributed by atoms with E-state index in [9.17, 15) is 8.42 Å². The van der Waals surface area contributed by atoms with Gasteiger partial charge >= 0.3 is 0 Å². The van der Waals surface area contributed by atoms with Crippen molar-refractivity contribution < 1.29 is 8.42 Å². The fourth-order valence-electron chi connectivity index (χ4n) is 1.90. The van der Waals surface area contributed by atoms with Gasteiger partial charge < -0.3 is 4.90 Å². The Kier molecular flexibility index (Phi) is 4.43. The summed E-state index contributed by atoms with van der Waals surface area (Å²) in [6.45, 7) is 1.77. The molecule has 2 rings (SSSR count). The third kappa shape index (κ3) is 3.70. The summed E-state index contributed by atoms with van der Waals surface area (Å²) in [5.74, 6) is 0. The Hall–Kier alpha value is -2.14. The highest BCUT2D eigenvalue weighted by Crippen LogP contribution is 2.25. The minimum atomic E-state index is -3.69. The third-order valence-electron chi connectivity index (χ3n) is 2.99. The average molecular weight is 302 g/mol. The first kappa shape index (κ1) is 15.3. The molecular formula is C16H18N2O2S. The number of sulfonamides is 1. The summed E-state index contributed by atoms with van der Waals surface area (Å²) >= 11 is 0. The van der Waals surface area contributed by atoms with Crippen molar-refractivity contribution in [1.29, 1.82) is 0 Å². The lowest BCUT2D eigenvalue weighted by molar-refractivity contribution is 0.594. The molecule has 0 amide bonds. The molecule has 0 atom stereocenters. The Morgan fingerprint density at radius 2 is 1.67 bits per heavy atom. The molecule has 0 aliphatic rings. The largest absolute Gasteiger partial charge is 0.368 e. The Morgan fingerprint density at radius 3 is 2.29 bits per heavy atom. The quantitative estimate of drug-likeness (QED) is 0.644. The number of nitrogens with zero attached hydrogens (tertiary/aromatic N) is 2. The van der Waals surface area contributed by atoms with Crippen molar-refractivity contribution in [2.45, 2.75) is 11.8 Å². The normalized spacial score (nSPS) is 11.8. The Bertz CT molecular complexity index is 751. The van der Waals surface area contributed by atoms with Gasteiger partial charge in [-0.2, -0.15) is 8.42 Å². The van der Waals surface area contributed by atoms with E-state index in [1.165, 1.54) is 6.34 Å². The molecule has 0 bridgehead atoms. The standard InChI is InChI=1S/C16H18N2O2S/c1-13-9-10-15(14-7-5-4-6-8-14)11-16(13)21(19,20)17-12-18(2)3/h4-12H,1-3H3/b17-12+. The molecule has 0 saturated heterocycles. The predicted molar refractivity (Wildman–Crippen MR) is 86.0 cm³/mol. The van der Waals surface area contributed by atoms with Crippen LogP contribution in [0.15, 0.2) is 57.8 Å². The zero-order valence-corrected chi connectivity index (χ0v) is 13.1. The SMILES string of the molecule is Cc1ccc(-c2ccccc2)cc1S(=O)(=O)/N=C/N(C)C. The van der Waals surface area contributed by atoms with Gasteiger partial charge in [-0.25, -0.2) is 0 Å². The van der Waals surface area contributed by atoms with E-state index >= 15 is 0 Å². The van der Waals surface area contributed by atoms with Crippen LogP contribution in [0.1, 0.15) is 5.56 Å². The van der Waals surface area contributed by atoms with E-state index in [-0.39, 0.29) is 4.90 Å². The van der Waals surface area contributed by atoms with Crippen molar-refractivity contribution >= 4 is 16.4 Å². The van der Waals surface area contributed by atoms with Gasteiger partial charge in [-0.05, 0) is 29.7 Å². The molecule has 0 unspecified atom stereocenters. The first-order chi connectivity index (χ1) is 9.90. The van der Waals surface area contributed by atoms with Crippen LogP contribution in [0.25, 0.3) is 11.1 Å². The predicted octanol–water partition coefficient (Wildman–Crippen LogP) is 2.94. The highest BCUT2D eigenvalue weighted by molar-refractivity contribution is 7.90. The van der Waals surface area contributed by atoms with E-state index in [2.05, 4.69) is 4.40 Å². The van der Waals surface area contributed by atoms with Crippen LogP contribution in [0.3, 0.4) is 0 Å². The molecule has 0 aromatic heterocycles. The molecule has 4 nitrogen and oxygen atoms in total. The molecule has 110 valence electrons. The highest BCUT2D eigenvalue weighted by atomic mass is 32.2. The molecule has 0 fully saturated rings. The van der Waals surface area contributed by atoms with Crippen molar-refractivity contribution in [3.05, 3.63) is 54.1 Å². The summed E-state index contributed by atoms with van der Waals surface area (Å²) in [5, 5.41) is 0. The van der Waals surface area contributed by atoms with Crippen LogP contribution in [0.2, 0.25) is 0 Å². The number of hydrogen-bond acceptors (Lipinski definition) is 2. The summed E-state index contributed by atoms with van der Waals surface area (Å²) in [4.78, 5) is 1.83. The van der Waals surface area contributed by atoms with E-state index in [1.807, 2.05) is 36.4 Å². The van der Waals surface area contributed by atoms with Crippen LogP contribution in [0, 0.1) is 6.92 Å². The maximum atomic E-state index is 12.3. The lowest BCUT2D eigenvalue weighted by Crippen LogP contribution is -2.10. The number of hydrogen-bond donors (Lipinski definition) is 0. The minimum absolute atomic E-state index is 0.238. The zero-order chi connectivity index (χ0) is 15.5. The van der Waals surface area contributed by atoms with Crippen molar-refractivity contribution in [2.75, 3.05) is 14.1 Å². The highest BCUT2D eigenvalue weighted by Gasteiger charge is 2.16. The molecule has 0 N–H and O–H groups in total. The van der Waals surface area contributed by atoms with Gasteiger partial charge in [0.05, 0.1) is 4.90 Å². The monoisotopic (exact) mass is 302 g/mol. The van der Waals surface area contributed by atoms with E-state index in [1.54, 1.807) is 38.1 Å². The first-order valence-electron chi connectivity index (χ1n) is 6.53. The van der Waals surface area contributed by atoms with Crippen molar-refractivity contribution in [2.24, 2.45) is 4.40 Å². The smallest absolute Gasteiger partial charge is 0.283 e. The molecule has 0 heterocycles. The second-order valence-corrected chi connectivity index (χ2v) is 6.61. The molecule has 2 aromatic rings. The second kappa shape index (κ2) is 6.10. The van der Waals surface area contributed by atoms with Crippen molar-refractivity contribution in [1.82, 2.24) is 4.90 Å². The summed E-state index contributed by atoms with van der Waals surface area (Å²) in [5.41, 5.74) is 2.52. The number of aryl methyl sites for hydroxylation is 1. The van der Waals surface area contributed by atoms with Crippen LogP contribution in [-0.4, -0.2) is 33.8 Å². The number of rotatable bonds is 4. The Balaban J connectivity index is 2.50. The summed E-state index contributed by atoms with van der Waals surface area (Å²) in [6.07, 6.45) is 1.30. The van der Waals surface area contributed by atoms with E-state index in [0.29, 0.717) is 5.56 Å². The lowest BCUT2D eigenvalue weighted by atomic mass is 10.0. The summed E-state index contributed by atoms with van der Waals surface area (Å²) in [6, 6.07) is 15.1. The Morgan fingerprint density at radius 1 is 1.00 bits per heavy atom. The van der Waals surface area contributed by atoms with Gasteiger partial charge in [0.25, 0.3) is 10.0 Å². The van der Waals surface area contributed by atoms with Gasteiger partial charge in [0, 0.05) is 14.1 Å². The van der Waals surface area contributed by atoms with Gasteiger partial charge in [-0.1, -0.05) is 42.5 Å². The molecular weight excluding hydrogens is 284 g/mol. The molecule has 0 saturated carbocycles. The Labute approximate surface area is 125 Å². The van der Waals surface area contributed by atoms with E-state index < -0.39 is 10.0 Å². The van der Waals surface area contributed by atoms with Crippen LogP contribution in [-0.2, 0) is 10.0 Å². The summed E-state index contributed by atoms with van der Waals surface area (Å²) in [7, 11) is -0.232. The van der Waals surface area contributed by atoms with Gasteiger partial charge in [-0.15, -0.1) is 4.40 Å². The van der Waals surface area contributed by atoms with Crippen LogP contribution < -0.4 is 0 Å². The first-order valence-corrected chi connectivity index (χ1v) is 7.97. The van der Waals surface area contributed by atoms with Crippen LogP contribution in [0.5, 0.6) is 0 Å². The maximum Gasteiger partial charge on any atom is 0.283 e. The lowest BCUT2D eigenvalue weighted by Gasteiger charge is -2.08. The fourth-order valence-corrected chi connectivity index (χ4v) is 3.08. The number of benzene rings is 2. The molecule has 5 heteroatoms. The van der Waals surface area contributed by atoms with E-state index in [4.69, 9.17) is 0 Å². The third-order valence-corrected chi connectivity index (χ3v) is 4.36. The molecule has 0 radical (unpaired) electrons. The van der Waals surface area contributed by atoms with Crippen molar-refractivity contribution in [3.63, 3.8) is 0 Å². The van der Waals surface area contributed by atoms with Gasteiger partial charge in [-0.3, -0.25) is 0 Å². The van der Waals surface area contributed by atoms with Crippen LogP contribution in [0.4, 0.5) is 0 Å². The maximum absolute atomic E-state index is 12.3. The topological polar surface area (TPSA) is 49.7 Å². The van der Waals surface area contributed by atoms with E-state index in [0.717, 1.165) is 11.1 Å². The minimum Gasteiger partial charge on any atom is -0.368 e. The molecule has 0 aliphatic carbocycles. The van der Waals surface area contributed by atoms with Crippen molar-refractivity contribution in [3.8, 4) is 11.1 Å².